The number of piperidine rings is 1. The Morgan fingerprint density at radius 1 is 1.35 bits per heavy atom. The Morgan fingerprint density at radius 2 is 2.00 bits per heavy atom. The predicted octanol–water partition coefficient (Wildman–Crippen LogP) is 1.99. The van der Waals surface area contributed by atoms with Crippen LogP contribution in [-0.4, -0.2) is 44.0 Å². The van der Waals surface area contributed by atoms with Gasteiger partial charge in [0.15, 0.2) is 0 Å². The molecule has 0 spiro atoms. The van der Waals surface area contributed by atoms with Crippen LogP contribution in [0.4, 0.5) is 0 Å². The number of nitrogens with two attached hydrogens (primary N) is 1. The number of hydrogen-bond acceptors (Lipinski definition) is 3. The van der Waals surface area contributed by atoms with Gasteiger partial charge in [-0.3, -0.25) is 4.79 Å². The molecule has 0 saturated carbocycles. The van der Waals surface area contributed by atoms with E-state index in [1.807, 2.05) is 0 Å². The average molecular weight is 283 g/mol. The summed E-state index contributed by atoms with van der Waals surface area (Å²) in [7, 11) is 2.17. The Bertz CT molecular complexity index is 285. The molecule has 0 bridgehead atoms. The summed E-state index contributed by atoms with van der Waals surface area (Å²) >= 11 is 0. The zero-order chi connectivity index (χ0) is 15.0. The van der Waals surface area contributed by atoms with Gasteiger partial charge in [0.1, 0.15) is 0 Å². The highest BCUT2D eigenvalue weighted by molar-refractivity contribution is 5.75. The Morgan fingerprint density at radius 3 is 2.55 bits per heavy atom. The second-order valence-electron chi connectivity index (χ2n) is 6.78. The Balaban J connectivity index is 2.22. The van der Waals surface area contributed by atoms with Crippen molar-refractivity contribution in [2.75, 3.05) is 33.2 Å². The van der Waals surface area contributed by atoms with Gasteiger partial charge in [-0.05, 0) is 63.7 Å². The van der Waals surface area contributed by atoms with Crippen LogP contribution in [0.2, 0.25) is 0 Å². The summed E-state index contributed by atoms with van der Waals surface area (Å²) in [4.78, 5) is 14.3. The summed E-state index contributed by atoms with van der Waals surface area (Å²) in [6, 6.07) is 0. The molecule has 1 saturated heterocycles. The lowest BCUT2D eigenvalue weighted by Gasteiger charge is -2.38. The predicted molar refractivity (Wildman–Crippen MR) is 84.5 cm³/mol. The van der Waals surface area contributed by atoms with Crippen molar-refractivity contribution in [3.63, 3.8) is 0 Å². The minimum absolute atomic E-state index is 0.209. The molecule has 1 atom stereocenters. The fourth-order valence-electron chi connectivity index (χ4n) is 2.86. The fourth-order valence-corrected chi connectivity index (χ4v) is 2.86. The zero-order valence-corrected chi connectivity index (χ0v) is 13.6. The monoisotopic (exact) mass is 283 g/mol. The van der Waals surface area contributed by atoms with Crippen LogP contribution >= 0.6 is 0 Å². The third-order valence-corrected chi connectivity index (χ3v) is 4.84. The zero-order valence-electron chi connectivity index (χ0n) is 13.6. The molecule has 1 amide bonds. The number of amides is 1. The van der Waals surface area contributed by atoms with Crippen molar-refractivity contribution in [2.45, 2.75) is 52.4 Å². The first kappa shape index (κ1) is 17.4. The summed E-state index contributed by atoms with van der Waals surface area (Å²) < 4.78 is 0. The van der Waals surface area contributed by atoms with Crippen LogP contribution in [0.5, 0.6) is 0 Å². The van der Waals surface area contributed by atoms with Gasteiger partial charge < -0.3 is 16.0 Å². The van der Waals surface area contributed by atoms with E-state index in [9.17, 15) is 4.79 Å². The first-order valence-electron chi connectivity index (χ1n) is 8.14. The third kappa shape index (κ3) is 6.23. The second kappa shape index (κ2) is 8.63. The van der Waals surface area contributed by atoms with Crippen molar-refractivity contribution in [1.82, 2.24) is 10.2 Å². The van der Waals surface area contributed by atoms with Crippen molar-refractivity contribution >= 4 is 5.91 Å². The van der Waals surface area contributed by atoms with Crippen molar-refractivity contribution in [3.8, 4) is 0 Å². The summed E-state index contributed by atoms with van der Waals surface area (Å²) in [5, 5.41) is 3.14. The van der Waals surface area contributed by atoms with E-state index in [1.54, 1.807) is 0 Å². The molecule has 0 radical (unpaired) electrons. The van der Waals surface area contributed by atoms with Gasteiger partial charge in [-0.2, -0.15) is 0 Å². The number of likely N-dealkylation sites (tertiary alicyclic amines) is 1. The second-order valence-corrected chi connectivity index (χ2v) is 6.78. The normalized spacial score (nSPS) is 20.6. The van der Waals surface area contributed by atoms with Gasteiger partial charge in [-0.1, -0.05) is 20.3 Å². The van der Waals surface area contributed by atoms with Gasteiger partial charge in [-0.25, -0.2) is 0 Å². The minimum atomic E-state index is 0.209. The molecule has 3 N–H and O–H groups in total. The maximum Gasteiger partial charge on any atom is 0.220 e. The van der Waals surface area contributed by atoms with E-state index >= 15 is 0 Å². The van der Waals surface area contributed by atoms with E-state index < -0.39 is 0 Å². The van der Waals surface area contributed by atoms with E-state index in [1.165, 1.54) is 12.8 Å². The molecule has 1 unspecified atom stereocenters. The van der Waals surface area contributed by atoms with Crippen molar-refractivity contribution in [2.24, 2.45) is 17.1 Å². The largest absolute Gasteiger partial charge is 0.356 e. The van der Waals surface area contributed by atoms with Crippen LogP contribution in [0.25, 0.3) is 0 Å². The molecular formula is C16H33N3O. The molecule has 4 heteroatoms. The quantitative estimate of drug-likeness (QED) is 0.716. The molecular weight excluding hydrogens is 250 g/mol. The molecule has 1 rings (SSSR count). The maximum absolute atomic E-state index is 12.0. The Kier molecular flexibility index (Phi) is 7.52. The molecule has 0 aromatic rings. The van der Waals surface area contributed by atoms with Crippen LogP contribution in [0.1, 0.15) is 52.4 Å². The van der Waals surface area contributed by atoms with Crippen molar-refractivity contribution < 1.29 is 4.79 Å². The van der Waals surface area contributed by atoms with Gasteiger partial charge in [0.05, 0.1) is 0 Å². The van der Waals surface area contributed by atoms with Crippen LogP contribution in [0, 0.1) is 11.3 Å². The Labute approximate surface area is 124 Å². The van der Waals surface area contributed by atoms with Gasteiger partial charge in [0.2, 0.25) is 5.91 Å². The number of carbonyl (C=O) groups excluding carboxylic acids is 1. The molecule has 0 aromatic heterocycles. The SMILES string of the molecule is CCC(CCN)CCC(=O)NCC1(C)CCN(C)CC1. The molecule has 1 aliphatic rings. The van der Waals surface area contributed by atoms with E-state index in [2.05, 4.69) is 31.1 Å². The lowest BCUT2D eigenvalue weighted by molar-refractivity contribution is -0.122. The standard InChI is InChI=1S/C16H33N3O/c1-4-14(7-10-17)5-6-15(20)18-13-16(2)8-11-19(3)12-9-16/h14H,4-13,17H2,1-3H3,(H,18,20). The van der Waals surface area contributed by atoms with Gasteiger partial charge in [0, 0.05) is 13.0 Å². The molecule has 118 valence electrons. The highest BCUT2D eigenvalue weighted by atomic mass is 16.1. The lowest BCUT2D eigenvalue weighted by Crippen LogP contribution is -2.43. The first-order chi connectivity index (χ1) is 9.49. The highest BCUT2D eigenvalue weighted by Gasteiger charge is 2.29. The van der Waals surface area contributed by atoms with Crippen LogP contribution in [-0.2, 0) is 4.79 Å². The molecule has 1 heterocycles. The van der Waals surface area contributed by atoms with E-state index in [0.29, 0.717) is 12.3 Å². The first-order valence-corrected chi connectivity index (χ1v) is 8.14. The summed E-state index contributed by atoms with van der Waals surface area (Å²) in [6.45, 7) is 8.31. The smallest absolute Gasteiger partial charge is 0.220 e. The minimum Gasteiger partial charge on any atom is -0.356 e. The highest BCUT2D eigenvalue weighted by Crippen LogP contribution is 2.29. The molecule has 0 aliphatic carbocycles. The number of rotatable bonds is 8. The van der Waals surface area contributed by atoms with Crippen LogP contribution < -0.4 is 11.1 Å². The van der Waals surface area contributed by atoms with E-state index in [0.717, 1.165) is 45.4 Å². The number of nitrogens with one attached hydrogen (secondary N) is 1. The molecule has 0 aromatic carbocycles. The van der Waals surface area contributed by atoms with E-state index in [-0.39, 0.29) is 11.3 Å². The van der Waals surface area contributed by atoms with Crippen molar-refractivity contribution in [3.05, 3.63) is 0 Å². The van der Waals surface area contributed by atoms with Gasteiger partial charge in [0.25, 0.3) is 0 Å². The Hall–Kier alpha value is -0.610. The molecule has 4 nitrogen and oxygen atoms in total. The maximum atomic E-state index is 12.0. The summed E-state index contributed by atoms with van der Waals surface area (Å²) in [6.07, 6.45) is 6.12. The number of nitrogens with zero attached hydrogens (tertiary/aromatic N) is 1. The van der Waals surface area contributed by atoms with Crippen LogP contribution in [0.15, 0.2) is 0 Å². The third-order valence-electron chi connectivity index (χ3n) is 4.84. The summed E-state index contributed by atoms with van der Waals surface area (Å²) in [5.41, 5.74) is 5.87. The summed E-state index contributed by atoms with van der Waals surface area (Å²) in [5.74, 6) is 0.810. The van der Waals surface area contributed by atoms with Crippen molar-refractivity contribution in [1.29, 1.82) is 0 Å². The van der Waals surface area contributed by atoms with Gasteiger partial charge in [-0.15, -0.1) is 0 Å². The van der Waals surface area contributed by atoms with Crippen LogP contribution in [0.3, 0.4) is 0 Å². The molecule has 1 aliphatic heterocycles. The van der Waals surface area contributed by atoms with Gasteiger partial charge >= 0.3 is 0 Å². The lowest BCUT2D eigenvalue weighted by atomic mass is 9.80. The topological polar surface area (TPSA) is 58.4 Å². The van der Waals surface area contributed by atoms with E-state index in [4.69, 9.17) is 5.73 Å². The average Bonchev–Trinajstić information content (AvgIpc) is 2.45. The molecule has 1 fully saturated rings. The number of hydrogen-bond donors (Lipinski definition) is 2. The molecule has 20 heavy (non-hydrogen) atoms. The number of carbonyl (C=O) groups is 1. The fraction of sp³-hybridized carbons (Fsp3) is 0.938.